The normalized spacial score (nSPS) is 19.1. The Balaban J connectivity index is 1.77. The Labute approximate surface area is 126 Å². The quantitative estimate of drug-likeness (QED) is 0.780. The van der Waals surface area contributed by atoms with Gasteiger partial charge in [0.2, 0.25) is 5.91 Å². The fourth-order valence-electron chi connectivity index (χ4n) is 2.63. The molecule has 1 aromatic carbocycles. The van der Waals surface area contributed by atoms with Gasteiger partial charge in [0.05, 0.1) is 0 Å². The van der Waals surface area contributed by atoms with E-state index in [2.05, 4.69) is 43.9 Å². The van der Waals surface area contributed by atoms with E-state index >= 15 is 0 Å². The topological polar surface area (TPSA) is 20.3 Å². The van der Waals surface area contributed by atoms with Gasteiger partial charge in [-0.15, -0.1) is 11.8 Å². The van der Waals surface area contributed by atoms with Gasteiger partial charge in [-0.1, -0.05) is 13.0 Å². The van der Waals surface area contributed by atoms with Crippen LogP contribution in [0.25, 0.3) is 0 Å². The van der Waals surface area contributed by atoms with Crippen LogP contribution >= 0.6 is 11.8 Å². The first-order valence-corrected chi connectivity index (χ1v) is 8.52. The number of nitrogens with zero attached hydrogens (tertiary/aromatic N) is 1. The minimum Gasteiger partial charge on any atom is -0.342 e. The predicted octanol–water partition coefficient (Wildman–Crippen LogP) is 4.04. The van der Waals surface area contributed by atoms with E-state index in [1.54, 1.807) is 11.8 Å². The number of rotatable bonds is 4. The summed E-state index contributed by atoms with van der Waals surface area (Å²) in [7, 11) is 0. The molecule has 0 aliphatic carbocycles. The number of likely N-dealkylation sites (tertiary alicyclic amines) is 1. The molecule has 1 aliphatic rings. The maximum absolute atomic E-state index is 12.2. The average Bonchev–Trinajstić information content (AvgIpc) is 2.42. The minimum absolute atomic E-state index is 0.327. The summed E-state index contributed by atoms with van der Waals surface area (Å²) in [5.74, 6) is 1.87. The third-order valence-electron chi connectivity index (χ3n) is 4.07. The molecule has 0 spiro atoms. The lowest BCUT2D eigenvalue weighted by molar-refractivity contribution is -0.132. The van der Waals surface area contributed by atoms with Crippen LogP contribution in [0.15, 0.2) is 23.1 Å². The molecule has 1 saturated heterocycles. The molecule has 1 amide bonds. The van der Waals surface area contributed by atoms with Gasteiger partial charge in [0, 0.05) is 30.2 Å². The Morgan fingerprint density at radius 1 is 1.35 bits per heavy atom. The van der Waals surface area contributed by atoms with E-state index in [0.29, 0.717) is 18.2 Å². The number of carbonyl (C=O) groups is 1. The molecule has 2 rings (SSSR count). The number of aryl methyl sites for hydroxylation is 2. The van der Waals surface area contributed by atoms with Gasteiger partial charge < -0.3 is 4.90 Å². The third kappa shape index (κ3) is 4.27. The summed E-state index contributed by atoms with van der Waals surface area (Å²) in [6.45, 7) is 8.42. The van der Waals surface area contributed by atoms with Crippen LogP contribution in [0.2, 0.25) is 0 Å². The zero-order chi connectivity index (χ0) is 14.5. The molecule has 2 nitrogen and oxygen atoms in total. The molecule has 0 aromatic heterocycles. The van der Waals surface area contributed by atoms with E-state index in [1.807, 2.05) is 0 Å². The molecular formula is C17H25NOS. The van der Waals surface area contributed by atoms with Gasteiger partial charge in [-0.25, -0.2) is 0 Å². The highest BCUT2D eigenvalue weighted by Gasteiger charge is 2.20. The van der Waals surface area contributed by atoms with E-state index in [4.69, 9.17) is 0 Å². The highest BCUT2D eigenvalue weighted by atomic mass is 32.2. The van der Waals surface area contributed by atoms with E-state index in [0.717, 1.165) is 25.3 Å². The number of piperidine rings is 1. The zero-order valence-corrected chi connectivity index (χ0v) is 13.6. The maximum Gasteiger partial charge on any atom is 0.223 e. The summed E-state index contributed by atoms with van der Waals surface area (Å²) < 4.78 is 0. The van der Waals surface area contributed by atoms with Crippen LogP contribution < -0.4 is 0 Å². The lowest BCUT2D eigenvalue weighted by Gasteiger charge is -2.31. The zero-order valence-electron chi connectivity index (χ0n) is 12.8. The van der Waals surface area contributed by atoms with Crippen LogP contribution in [0.5, 0.6) is 0 Å². The standard InChI is InChI=1S/C17H25NOS/c1-13-5-4-9-18(12-13)17(19)8-10-20-16-7-6-14(2)15(3)11-16/h6-7,11,13H,4-5,8-10,12H2,1-3H3. The van der Waals surface area contributed by atoms with Gasteiger partial charge in [0.15, 0.2) is 0 Å². The van der Waals surface area contributed by atoms with Crippen LogP contribution in [-0.2, 0) is 4.79 Å². The number of benzene rings is 1. The van der Waals surface area contributed by atoms with Crippen LogP contribution in [0.4, 0.5) is 0 Å². The van der Waals surface area contributed by atoms with Crippen molar-refractivity contribution in [1.29, 1.82) is 0 Å². The molecule has 0 radical (unpaired) electrons. The van der Waals surface area contributed by atoms with Crippen LogP contribution in [0.1, 0.15) is 37.3 Å². The SMILES string of the molecule is Cc1ccc(SCCC(=O)N2CCCC(C)C2)cc1C. The van der Waals surface area contributed by atoms with Crippen LogP contribution in [0.3, 0.4) is 0 Å². The first-order chi connectivity index (χ1) is 9.56. The van der Waals surface area contributed by atoms with Crippen molar-refractivity contribution in [1.82, 2.24) is 4.90 Å². The van der Waals surface area contributed by atoms with Crippen molar-refractivity contribution < 1.29 is 4.79 Å². The lowest BCUT2D eigenvalue weighted by atomic mass is 10.0. The third-order valence-corrected chi connectivity index (χ3v) is 5.07. The summed E-state index contributed by atoms with van der Waals surface area (Å²) in [5, 5.41) is 0. The Morgan fingerprint density at radius 3 is 2.85 bits per heavy atom. The van der Waals surface area contributed by atoms with Crippen molar-refractivity contribution in [3.63, 3.8) is 0 Å². The largest absolute Gasteiger partial charge is 0.342 e. The first-order valence-electron chi connectivity index (χ1n) is 7.54. The summed E-state index contributed by atoms with van der Waals surface area (Å²) in [6.07, 6.45) is 3.09. The van der Waals surface area contributed by atoms with E-state index < -0.39 is 0 Å². The Morgan fingerprint density at radius 2 is 2.15 bits per heavy atom. The van der Waals surface area contributed by atoms with Gasteiger partial charge in [0.25, 0.3) is 0 Å². The van der Waals surface area contributed by atoms with Crippen molar-refractivity contribution in [3.8, 4) is 0 Å². The van der Waals surface area contributed by atoms with Crippen LogP contribution in [-0.4, -0.2) is 29.6 Å². The molecule has 1 aromatic rings. The highest BCUT2D eigenvalue weighted by Crippen LogP contribution is 2.23. The number of hydrogen-bond donors (Lipinski definition) is 0. The van der Waals surface area contributed by atoms with Gasteiger partial charge in [-0.05, 0) is 55.9 Å². The lowest BCUT2D eigenvalue weighted by Crippen LogP contribution is -2.39. The molecule has 20 heavy (non-hydrogen) atoms. The molecule has 3 heteroatoms. The molecule has 1 heterocycles. The second kappa shape index (κ2) is 7.16. The van der Waals surface area contributed by atoms with Crippen molar-refractivity contribution in [2.24, 2.45) is 5.92 Å². The van der Waals surface area contributed by atoms with Gasteiger partial charge >= 0.3 is 0 Å². The molecule has 0 saturated carbocycles. The molecule has 1 atom stereocenters. The second-order valence-electron chi connectivity index (χ2n) is 5.93. The molecule has 1 aliphatic heterocycles. The Hall–Kier alpha value is -0.960. The molecule has 1 unspecified atom stereocenters. The number of amides is 1. The van der Waals surface area contributed by atoms with Crippen molar-refractivity contribution in [2.45, 2.75) is 44.9 Å². The van der Waals surface area contributed by atoms with Gasteiger partial charge in [-0.2, -0.15) is 0 Å². The molecule has 1 fully saturated rings. The fraction of sp³-hybridized carbons (Fsp3) is 0.588. The minimum atomic E-state index is 0.327. The van der Waals surface area contributed by atoms with Crippen LogP contribution in [0, 0.1) is 19.8 Å². The number of hydrogen-bond acceptors (Lipinski definition) is 2. The summed E-state index contributed by atoms with van der Waals surface area (Å²) in [4.78, 5) is 15.5. The van der Waals surface area contributed by atoms with Crippen molar-refractivity contribution in [3.05, 3.63) is 29.3 Å². The van der Waals surface area contributed by atoms with Gasteiger partial charge in [-0.3, -0.25) is 4.79 Å². The second-order valence-corrected chi connectivity index (χ2v) is 7.10. The average molecular weight is 291 g/mol. The summed E-state index contributed by atoms with van der Waals surface area (Å²) >= 11 is 1.79. The van der Waals surface area contributed by atoms with Crippen molar-refractivity contribution >= 4 is 17.7 Å². The first kappa shape index (κ1) is 15.4. The van der Waals surface area contributed by atoms with E-state index in [1.165, 1.54) is 22.4 Å². The maximum atomic E-state index is 12.2. The summed E-state index contributed by atoms with van der Waals surface area (Å²) in [5.41, 5.74) is 2.65. The molecule has 0 bridgehead atoms. The highest BCUT2D eigenvalue weighted by molar-refractivity contribution is 7.99. The Kier molecular flexibility index (Phi) is 5.53. The Bertz CT molecular complexity index is 472. The monoisotopic (exact) mass is 291 g/mol. The van der Waals surface area contributed by atoms with Gasteiger partial charge in [0.1, 0.15) is 0 Å². The smallest absolute Gasteiger partial charge is 0.223 e. The fourth-order valence-corrected chi connectivity index (χ4v) is 3.57. The summed E-state index contributed by atoms with van der Waals surface area (Å²) in [6, 6.07) is 6.53. The van der Waals surface area contributed by atoms with E-state index in [-0.39, 0.29) is 0 Å². The predicted molar refractivity (Wildman–Crippen MR) is 86.2 cm³/mol. The molecule has 0 N–H and O–H groups in total. The number of carbonyl (C=O) groups excluding carboxylic acids is 1. The number of thioether (sulfide) groups is 1. The molecule has 110 valence electrons. The molecular weight excluding hydrogens is 266 g/mol. The van der Waals surface area contributed by atoms with E-state index in [9.17, 15) is 4.79 Å². The van der Waals surface area contributed by atoms with Crippen molar-refractivity contribution in [2.75, 3.05) is 18.8 Å².